The van der Waals surface area contributed by atoms with Crippen LogP contribution >= 0.6 is 0 Å². The van der Waals surface area contributed by atoms with Crippen molar-refractivity contribution >= 4 is 11.6 Å². The van der Waals surface area contributed by atoms with Crippen LogP contribution in [0.3, 0.4) is 0 Å². The Labute approximate surface area is 154 Å². The van der Waals surface area contributed by atoms with E-state index in [1.54, 1.807) is 0 Å². The van der Waals surface area contributed by atoms with Gasteiger partial charge < -0.3 is 10.2 Å². The fourth-order valence-electron chi connectivity index (χ4n) is 0.523. The van der Waals surface area contributed by atoms with Crippen molar-refractivity contribution in [2.24, 2.45) is 0 Å². The average Bonchev–Trinajstić information content (AvgIpc) is 1.84. The second kappa shape index (κ2) is 7.05. The Morgan fingerprint density at radius 3 is 1.33 bits per heavy atom. The number of hydrogen-bond donors (Lipinski definition) is 0. The van der Waals surface area contributed by atoms with Gasteiger partial charge in [0.1, 0.15) is 0 Å². The zero-order valence-electron chi connectivity index (χ0n) is 6.79. The molecule has 1 rings (SSSR count). The molecule has 0 spiro atoms. The molecule has 0 N–H and O–H groups in total. The Kier molecular flexibility index (Phi) is 9.47. The Hall–Kier alpha value is 1.69. The largest absolute Gasteiger partial charge is 1.00 e. The molecule has 0 aromatic heterocycles. The van der Waals surface area contributed by atoms with Crippen LogP contribution in [-0.4, -0.2) is 11.6 Å². The van der Waals surface area contributed by atoms with E-state index >= 15 is 0 Å². The fourth-order valence-corrected chi connectivity index (χ4v) is 0.523. The van der Waals surface area contributed by atoms with Gasteiger partial charge in [-0.3, -0.25) is 9.59 Å². The minimum atomic E-state index is -0.926. The number of carbonyl (C=O) groups is 2. The molecule has 0 aromatic carbocycles. The van der Waals surface area contributed by atoms with Gasteiger partial charge in [-0.05, 0) is 12.2 Å². The van der Waals surface area contributed by atoms with Gasteiger partial charge in [0.05, 0.1) is 0 Å². The number of carbonyl (C=O) groups excluding carboxylic acids is 2. The van der Waals surface area contributed by atoms with Gasteiger partial charge in [-0.1, -0.05) is 11.5 Å². The Balaban J connectivity index is 0. The van der Waals surface area contributed by atoms with E-state index in [9.17, 15) is 19.8 Å². The molecule has 12 heavy (non-hydrogen) atoms. The Morgan fingerprint density at radius 1 is 0.833 bits per heavy atom. The van der Waals surface area contributed by atoms with E-state index in [2.05, 4.69) is 0 Å². The molecule has 0 aliphatic heterocycles. The molecular weight excluding hydrogens is 214 g/mol. The Bertz CT molecular complexity index is 239. The maximum absolute atomic E-state index is 10.3. The maximum atomic E-state index is 10.3. The van der Waals surface area contributed by atoms with Crippen molar-refractivity contribution < 1.29 is 123 Å². The first-order valence-electron chi connectivity index (χ1n) is 2.47. The van der Waals surface area contributed by atoms with Crippen LogP contribution in [0.2, 0.25) is 0 Å². The number of ketones is 2. The molecule has 0 saturated heterocycles. The zero-order chi connectivity index (χ0) is 7.72. The molecule has 0 amide bonds. The third-order valence-electron chi connectivity index (χ3n) is 1.01. The predicted molar refractivity (Wildman–Crippen MR) is 26.2 cm³/mol. The first kappa shape index (κ1) is 16.1. The summed E-state index contributed by atoms with van der Waals surface area (Å²) in [5.74, 6) is -3.71. The van der Waals surface area contributed by atoms with Crippen molar-refractivity contribution in [1.29, 1.82) is 0 Å². The molecule has 1 aliphatic carbocycles. The zero-order valence-corrected chi connectivity index (χ0v) is 13.0. The third-order valence-corrected chi connectivity index (χ3v) is 1.01. The van der Waals surface area contributed by atoms with Crippen LogP contribution < -0.4 is 113 Å². The van der Waals surface area contributed by atoms with Gasteiger partial charge in [0.2, 0.25) is 0 Å². The molecule has 0 fully saturated rings. The van der Waals surface area contributed by atoms with Crippen molar-refractivity contribution in [1.82, 2.24) is 0 Å². The summed E-state index contributed by atoms with van der Waals surface area (Å²) in [5.41, 5.74) is 0. The van der Waals surface area contributed by atoms with E-state index in [1.165, 1.54) is 0 Å². The summed E-state index contributed by atoms with van der Waals surface area (Å²) < 4.78 is 0. The Morgan fingerprint density at radius 2 is 1.08 bits per heavy atom. The molecule has 0 heterocycles. The van der Waals surface area contributed by atoms with Crippen molar-refractivity contribution in [2.45, 2.75) is 0 Å². The minimum absolute atomic E-state index is 0. The summed E-state index contributed by atoms with van der Waals surface area (Å²) in [6, 6.07) is 0. The van der Waals surface area contributed by atoms with Gasteiger partial charge in [-0.15, -0.1) is 0 Å². The minimum Gasteiger partial charge on any atom is -0.870 e. The molecular formula is C6H2K2O4. The van der Waals surface area contributed by atoms with E-state index < -0.39 is 23.1 Å². The molecule has 0 aromatic rings. The standard InChI is InChI=1S/C6H4O4.2K/c7-3-1-4(8)6(10)2-5(3)9;;/h1-2,7,10H;;/q;2*+1/p-2. The van der Waals surface area contributed by atoms with Gasteiger partial charge in [0, 0.05) is 0 Å². The molecule has 52 valence electrons. The molecule has 0 unspecified atom stereocenters. The fraction of sp³-hybridized carbons (Fsp3) is 0. The summed E-state index contributed by atoms with van der Waals surface area (Å²) in [4.78, 5) is 20.7. The molecule has 0 bridgehead atoms. The number of hydrogen-bond acceptors (Lipinski definition) is 4. The second-order valence-electron chi connectivity index (χ2n) is 1.75. The van der Waals surface area contributed by atoms with Crippen LogP contribution in [0.4, 0.5) is 0 Å². The summed E-state index contributed by atoms with van der Waals surface area (Å²) >= 11 is 0. The van der Waals surface area contributed by atoms with Crippen LogP contribution in [0.1, 0.15) is 0 Å². The normalized spacial score (nSPS) is 15.3. The molecule has 4 nitrogen and oxygen atoms in total. The summed E-state index contributed by atoms with van der Waals surface area (Å²) in [7, 11) is 0. The summed E-state index contributed by atoms with van der Waals surface area (Å²) in [6.07, 6.45) is 1.01. The number of allylic oxidation sites excluding steroid dienone is 2. The topological polar surface area (TPSA) is 80.3 Å². The monoisotopic (exact) mass is 216 g/mol. The van der Waals surface area contributed by atoms with Gasteiger partial charge in [-0.2, -0.15) is 0 Å². The summed E-state index contributed by atoms with van der Waals surface area (Å²) in [5, 5.41) is 20.7. The van der Waals surface area contributed by atoms with Gasteiger partial charge in [0.25, 0.3) is 0 Å². The van der Waals surface area contributed by atoms with E-state index in [4.69, 9.17) is 0 Å². The van der Waals surface area contributed by atoms with Gasteiger partial charge in [0.15, 0.2) is 11.6 Å². The third kappa shape index (κ3) is 4.27. The number of rotatable bonds is 0. The predicted octanol–water partition coefficient (Wildman–Crippen LogP) is -8.37. The van der Waals surface area contributed by atoms with E-state index in [-0.39, 0.29) is 103 Å². The van der Waals surface area contributed by atoms with Crippen molar-refractivity contribution in [3.05, 3.63) is 23.7 Å². The summed E-state index contributed by atoms with van der Waals surface area (Å²) in [6.45, 7) is 0. The van der Waals surface area contributed by atoms with Crippen molar-refractivity contribution in [3.8, 4) is 0 Å². The maximum Gasteiger partial charge on any atom is 1.00 e. The van der Waals surface area contributed by atoms with E-state index in [1.807, 2.05) is 0 Å². The average molecular weight is 216 g/mol. The molecule has 1 aliphatic rings. The van der Waals surface area contributed by atoms with Crippen LogP contribution in [0.5, 0.6) is 0 Å². The first-order chi connectivity index (χ1) is 4.61. The van der Waals surface area contributed by atoms with Crippen molar-refractivity contribution in [3.63, 3.8) is 0 Å². The van der Waals surface area contributed by atoms with Crippen LogP contribution in [0.15, 0.2) is 23.7 Å². The SMILES string of the molecule is O=C1C=C([O-])C(=O)C=C1[O-].[K+].[K+]. The smallest absolute Gasteiger partial charge is 0.870 e. The van der Waals surface area contributed by atoms with Gasteiger partial charge >= 0.3 is 103 Å². The molecule has 6 heteroatoms. The van der Waals surface area contributed by atoms with E-state index in [0.717, 1.165) is 0 Å². The molecule has 0 atom stereocenters. The van der Waals surface area contributed by atoms with Crippen molar-refractivity contribution in [2.75, 3.05) is 0 Å². The second-order valence-corrected chi connectivity index (χ2v) is 1.75. The van der Waals surface area contributed by atoms with Gasteiger partial charge in [-0.25, -0.2) is 0 Å². The molecule has 0 radical (unpaired) electrons. The van der Waals surface area contributed by atoms with Crippen LogP contribution in [0.25, 0.3) is 0 Å². The quantitative estimate of drug-likeness (QED) is 0.297. The van der Waals surface area contributed by atoms with E-state index in [0.29, 0.717) is 12.2 Å². The first-order valence-corrected chi connectivity index (χ1v) is 2.47. The van der Waals surface area contributed by atoms with Crippen LogP contribution in [0, 0.1) is 0 Å². The molecule has 0 saturated carbocycles. The van der Waals surface area contributed by atoms with Crippen LogP contribution in [-0.2, 0) is 9.59 Å².